The summed E-state index contributed by atoms with van der Waals surface area (Å²) >= 11 is 0. The van der Waals surface area contributed by atoms with Crippen LogP contribution in [0.15, 0.2) is 30.3 Å². The minimum Gasteiger partial charge on any atom is -0.397 e. The van der Waals surface area contributed by atoms with Gasteiger partial charge in [-0.1, -0.05) is 44.2 Å². The van der Waals surface area contributed by atoms with Gasteiger partial charge in [-0.05, 0) is 18.4 Å². The van der Waals surface area contributed by atoms with Crippen molar-refractivity contribution in [3.05, 3.63) is 35.9 Å². The Kier molecular flexibility index (Phi) is 13.5. The van der Waals surface area contributed by atoms with Crippen LogP contribution in [0, 0.1) is 0 Å². The van der Waals surface area contributed by atoms with Gasteiger partial charge in [0.2, 0.25) is 0 Å². The molecule has 3 heteroatoms. The minimum absolute atomic E-state index is 0.250. The highest BCUT2D eigenvalue weighted by Gasteiger charge is 1.93. The van der Waals surface area contributed by atoms with Gasteiger partial charge in [-0.2, -0.15) is 0 Å². The molecule has 0 saturated carbocycles. The lowest BCUT2D eigenvalue weighted by Crippen LogP contribution is -1.83. The highest BCUT2D eigenvalue weighted by atomic mass is 17.0. The second-order valence-corrected chi connectivity index (χ2v) is 2.88. The molecule has 82 valence electrons. The highest BCUT2D eigenvalue weighted by molar-refractivity contribution is 5.17. The molecule has 0 unspecified atom stereocenters. The van der Waals surface area contributed by atoms with Crippen molar-refractivity contribution in [3.8, 4) is 0 Å². The summed E-state index contributed by atoms with van der Waals surface area (Å²) in [5, 5.41) is 19.6. The van der Waals surface area contributed by atoms with Crippen LogP contribution in [-0.2, 0) is 0 Å². The molecular formula is C11H20O3. The second-order valence-electron chi connectivity index (χ2n) is 2.88. The van der Waals surface area contributed by atoms with E-state index in [2.05, 4.69) is 38.1 Å². The van der Waals surface area contributed by atoms with Gasteiger partial charge in [0, 0.05) is 6.61 Å². The maximum Gasteiger partial charge on any atom is 0.0402 e. The summed E-state index contributed by atoms with van der Waals surface area (Å²) < 4.78 is 0. The van der Waals surface area contributed by atoms with Gasteiger partial charge in [0.05, 0.1) is 0 Å². The number of aliphatic hydroxyl groups excluding tert-OH is 1. The van der Waals surface area contributed by atoms with Crippen LogP contribution >= 0.6 is 0 Å². The highest BCUT2D eigenvalue weighted by Crippen LogP contribution is 2.11. The zero-order chi connectivity index (χ0) is 11.4. The van der Waals surface area contributed by atoms with Gasteiger partial charge >= 0.3 is 0 Å². The smallest absolute Gasteiger partial charge is 0.0402 e. The fourth-order valence-electron chi connectivity index (χ4n) is 0.838. The molecule has 0 bridgehead atoms. The Morgan fingerprint density at radius 2 is 1.43 bits per heavy atom. The first kappa shape index (κ1) is 15.6. The molecule has 0 atom stereocenters. The number of hydrogen-bond donors (Lipinski definition) is 3. The molecule has 0 amide bonds. The molecule has 3 N–H and O–H groups in total. The van der Waals surface area contributed by atoms with Gasteiger partial charge < -0.3 is 5.11 Å². The van der Waals surface area contributed by atoms with E-state index in [1.165, 1.54) is 5.56 Å². The quantitative estimate of drug-likeness (QED) is 0.482. The number of aliphatic hydroxyl groups is 1. The molecule has 1 aromatic rings. The van der Waals surface area contributed by atoms with E-state index in [1.807, 2.05) is 6.07 Å². The lowest BCUT2D eigenvalue weighted by atomic mass is 10.0. The molecule has 0 radical (unpaired) electrons. The van der Waals surface area contributed by atoms with Crippen LogP contribution in [0.4, 0.5) is 0 Å². The van der Waals surface area contributed by atoms with Crippen molar-refractivity contribution in [2.24, 2.45) is 0 Å². The Morgan fingerprint density at radius 3 is 1.64 bits per heavy atom. The molecular weight excluding hydrogens is 180 g/mol. The van der Waals surface area contributed by atoms with Crippen LogP contribution < -0.4 is 0 Å². The normalized spacial score (nSPS) is 8.21. The lowest BCUT2D eigenvalue weighted by Gasteiger charge is -2.01. The van der Waals surface area contributed by atoms with Gasteiger partial charge in [-0.25, -0.2) is 0 Å². The predicted molar refractivity (Wildman–Crippen MR) is 58.5 cm³/mol. The standard InChI is InChI=1S/C9H12.C2H6O.H2O2/c1-8(2)9-6-4-3-5-7-9;1-2-3;1-2/h3-8H,1-2H3;3H,2H2,1H3;1-2H. The Balaban J connectivity index is 0. The molecule has 0 aliphatic carbocycles. The fourth-order valence-corrected chi connectivity index (χ4v) is 0.838. The van der Waals surface area contributed by atoms with Gasteiger partial charge in [0.1, 0.15) is 0 Å². The summed E-state index contributed by atoms with van der Waals surface area (Å²) in [4.78, 5) is 0. The summed E-state index contributed by atoms with van der Waals surface area (Å²) in [7, 11) is 0. The summed E-state index contributed by atoms with van der Waals surface area (Å²) in [5.41, 5.74) is 1.41. The van der Waals surface area contributed by atoms with Crippen LogP contribution in [0.1, 0.15) is 32.3 Å². The molecule has 0 aliphatic heterocycles. The van der Waals surface area contributed by atoms with Gasteiger partial charge in [0.25, 0.3) is 0 Å². The van der Waals surface area contributed by atoms with Crippen molar-refractivity contribution in [1.29, 1.82) is 0 Å². The molecule has 1 aromatic carbocycles. The second kappa shape index (κ2) is 12.1. The monoisotopic (exact) mass is 200 g/mol. The summed E-state index contributed by atoms with van der Waals surface area (Å²) in [6.45, 7) is 6.34. The van der Waals surface area contributed by atoms with E-state index in [4.69, 9.17) is 15.6 Å². The Morgan fingerprint density at radius 1 is 1.07 bits per heavy atom. The van der Waals surface area contributed by atoms with E-state index in [1.54, 1.807) is 6.92 Å². The third-order valence-electron chi connectivity index (χ3n) is 1.47. The van der Waals surface area contributed by atoms with Crippen LogP contribution in [0.2, 0.25) is 0 Å². The van der Waals surface area contributed by atoms with Crippen molar-refractivity contribution in [2.45, 2.75) is 26.7 Å². The SMILES string of the molecule is CC(C)c1ccccc1.CCO.OO. The Hall–Kier alpha value is -0.900. The molecule has 14 heavy (non-hydrogen) atoms. The Labute approximate surface area is 85.6 Å². The van der Waals surface area contributed by atoms with Gasteiger partial charge in [0.15, 0.2) is 0 Å². The van der Waals surface area contributed by atoms with E-state index in [9.17, 15) is 0 Å². The average molecular weight is 200 g/mol. The molecule has 3 nitrogen and oxygen atoms in total. The molecule has 0 fully saturated rings. The van der Waals surface area contributed by atoms with E-state index in [0.717, 1.165) is 0 Å². The van der Waals surface area contributed by atoms with Crippen molar-refractivity contribution in [3.63, 3.8) is 0 Å². The summed E-state index contributed by atoms with van der Waals surface area (Å²) in [6.07, 6.45) is 0. The molecule has 0 spiro atoms. The predicted octanol–water partition coefficient (Wildman–Crippen LogP) is 2.83. The average Bonchev–Trinajstić information content (AvgIpc) is 2.23. The van der Waals surface area contributed by atoms with Gasteiger partial charge in [-0.15, -0.1) is 0 Å². The summed E-state index contributed by atoms with van der Waals surface area (Å²) in [5.74, 6) is 0.659. The first-order valence-corrected chi connectivity index (χ1v) is 4.58. The zero-order valence-corrected chi connectivity index (χ0v) is 9.01. The summed E-state index contributed by atoms with van der Waals surface area (Å²) in [6, 6.07) is 10.5. The van der Waals surface area contributed by atoms with Gasteiger partial charge in [-0.3, -0.25) is 10.5 Å². The lowest BCUT2D eigenvalue weighted by molar-refractivity contribution is -0.176. The minimum atomic E-state index is 0.250. The van der Waals surface area contributed by atoms with Crippen LogP contribution in [0.5, 0.6) is 0 Å². The van der Waals surface area contributed by atoms with Crippen molar-refractivity contribution in [1.82, 2.24) is 0 Å². The van der Waals surface area contributed by atoms with E-state index in [0.29, 0.717) is 5.92 Å². The third kappa shape index (κ3) is 9.19. The fraction of sp³-hybridized carbons (Fsp3) is 0.455. The van der Waals surface area contributed by atoms with Crippen molar-refractivity contribution in [2.75, 3.05) is 6.61 Å². The molecule has 1 rings (SSSR count). The largest absolute Gasteiger partial charge is 0.397 e. The number of hydrogen-bond acceptors (Lipinski definition) is 3. The van der Waals surface area contributed by atoms with Crippen molar-refractivity contribution < 1.29 is 15.6 Å². The first-order valence-electron chi connectivity index (χ1n) is 4.58. The van der Waals surface area contributed by atoms with E-state index >= 15 is 0 Å². The molecule has 0 aliphatic rings. The number of rotatable bonds is 1. The maximum absolute atomic E-state index is 7.57. The van der Waals surface area contributed by atoms with E-state index < -0.39 is 0 Å². The number of benzene rings is 1. The Bertz CT molecular complexity index is 185. The van der Waals surface area contributed by atoms with E-state index in [-0.39, 0.29) is 6.61 Å². The molecule has 0 heterocycles. The topological polar surface area (TPSA) is 60.7 Å². The third-order valence-corrected chi connectivity index (χ3v) is 1.47. The first-order chi connectivity index (χ1) is 6.72. The maximum atomic E-state index is 7.57. The molecule has 0 saturated heterocycles. The van der Waals surface area contributed by atoms with Crippen LogP contribution in [0.25, 0.3) is 0 Å². The van der Waals surface area contributed by atoms with Crippen molar-refractivity contribution >= 4 is 0 Å². The zero-order valence-electron chi connectivity index (χ0n) is 9.01. The molecule has 0 aromatic heterocycles. The van der Waals surface area contributed by atoms with Crippen LogP contribution in [0.3, 0.4) is 0 Å². The van der Waals surface area contributed by atoms with Crippen LogP contribution in [-0.4, -0.2) is 22.2 Å².